The highest BCUT2D eigenvalue weighted by Crippen LogP contribution is 2.19. The van der Waals surface area contributed by atoms with Crippen LogP contribution in [-0.2, 0) is 6.54 Å². The summed E-state index contributed by atoms with van der Waals surface area (Å²) in [5.74, 6) is 0.540. The molecule has 0 radical (unpaired) electrons. The summed E-state index contributed by atoms with van der Waals surface area (Å²) in [6, 6.07) is 18.6. The Morgan fingerprint density at radius 1 is 1.00 bits per heavy atom. The number of para-hydroxylation sites is 2. The van der Waals surface area contributed by atoms with Gasteiger partial charge in [-0.05, 0) is 54.8 Å². The number of imidazole rings is 1. The molecule has 8 heteroatoms. The molecule has 2 aromatic heterocycles. The van der Waals surface area contributed by atoms with E-state index in [1.165, 1.54) is 0 Å². The number of anilines is 1. The molecule has 1 fully saturated rings. The molecule has 0 spiro atoms. The number of hydrogen-bond donors (Lipinski definition) is 3. The number of amides is 3. The lowest BCUT2D eigenvalue weighted by molar-refractivity contribution is 0.0951. The Labute approximate surface area is 184 Å². The minimum atomic E-state index is -0.248. The number of urea groups is 1. The second kappa shape index (κ2) is 8.50. The van der Waals surface area contributed by atoms with Crippen LogP contribution in [0.5, 0.6) is 0 Å². The first-order chi connectivity index (χ1) is 15.7. The standard InChI is InChI=1S/C24H22N6O2/c31-23(17-4-3-5-19(12-17)29-24(32)28-18-9-10-18)26-14-16-8-11-22(25-13-16)30-15-27-20-6-1-2-7-21(20)30/h1-8,11-13,15,18H,9-10,14H2,(H,26,31)(H2,28,29,32). The lowest BCUT2D eigenvalue weighted by atomic mass is 10.2. The van der Waals surface area contributed by atoms with Crippen molar-refractivity contribution < 1.29 is 9.59 Å². The predicted molar refractivity (Wildman–Crippen MR) is 122 cm³/mol. The van der Waals surface area contributed by atoms with Crippen molar-refractivity contribution in [3.8, 4) is 5.82 Å². The Balaban J connectivity index is 1.20. The van der Waals surface area contributed by atoms with Gasteiger partial charge < -0.3 is 16.0 Å². The fourth-order valence-electron chi connectivity index (χ4n) is 3.41. The molecule has 1 aliphatic carbocycles. The van der Waals surface area contributed by atoms with Crippen molar-refractivity contribution in [2.75, 3.05) is 5.32 Å². The Morgan fingerprint density at radius 2 is 1.88 bits per heavy atom. The fourth-order valence-corrected chi connectivity index (χ4v) is 3.41. The third-order valence-electron chi connectivity index (χ3n) is 5.26. The Morgan fingerprint density at radius 3 is 2.69 bits per heavy atom. The number of pyridine rings is 1. The summed E-state index contributed by atoms with van der Waals surface area (Å²) in [5, 5.41) is 8.52. The van der Waals surface area contributed by atoms with E-state index in [-0.39, 0.29) is 18.0 Å². The number of nitrogens with one attached hydrogen (secondary N) is 3. The Bertz CT molecular complexity index is 1280. The molecular weight excluding hydrogens is 404 g/mol. The first-order valence-electron chi connectivity index (χ1n) is 10.5. The maximum atomic E-state index is 12.6. The van der Waals surface area contributed by atoms with Crippen LogP contribution in [0.1, 0.15) is 28.8 Å². The second-order valence-electron chi connectivity index (χ2n) is 7.76. The third kappa shape index (κ3) is 4.44. The second-order valence-corrected chi connectivity index (χ2v) is 7.76. The minimum Gasteiger partial charge on any atom is -0.348 e. The predicted octanol–water partition coefficient (Wildman–Crippen LogP) is 3.63. The summed E-state index contributed by atoms with van der Waals surface area (Å²) < 4.78 is 1.93. The van der Waals surface area contributed by atoms with Gasteiger partial charge in [-0.3, -0.25) is 9.36 Å². The molecule has 3 N–H and O–H groups in total. The highest BCUT2D eigenvalue weighted by atomic mass is 16.2. The van der Waals surface area contributed by atoms with Gasteiger partial charge in [0.05, 0.1) is 11.0 Å². The van der Waals surface area contributed by atoms with Crippen LogP contribution in [0.25, 0.3) is 16.9 Å². The number of benzene rings is 2. The molecule has 8 nitrogen and oxygen atoms in total. The smallest absolute Gasteiger partial charge is 0.319 e. The molecule has 0 atom stereocenters. The molecule has 4 aromatic rings. The molecule has 2 heterocycles. The first-order valence-corrected chi connectivity index (χ1v) is 10.5. The molecule has 0 bridgehead atoms. The number of nitrogens with zero attached hydrogens (tertiary/aromatic N) is 3. The molecule has 1 saturated carbocycles. The van der Waals surface area contributed by atoms with Crippen LogP contribution in [0, 0.1) is 0 Å². The van der Waals surface area contributed by atoms with Crippen LogP contribution < -0.4 is 16.0 Å². The molecule has 0 aliphatic heterocycles. The lowest BCUT2D eigenvalue weighted by Gasteiger charge is -2.09. The van der Waals surface area contributed by atoms with Gasteiger partial charge in [0.15, 0.2) is 0 Å². The first kappa shape index (κ1) is 19.7. The maximum Gasteiger partial charge on any atom is 0.319 e. The zero-order chi connectivity index (χ0) is 21.9. The molecule has 2 aromatic carbocycles. The van der Waals surface area contributed by atoms with E-state index in [1.807, 2.05) is 41.0 Å². The van der Waals surface area contributed by atoms with Gasteiger partial charge in [0.25, 0.3) is 5.91 Å². The van der Waals surface area contributed by atoms with Crippen LogP contribution in [0.2, 0.25) is 0 Å². The molecular formula is C24H22N6O2. The van der Waals surface area contributed by atoms with Crippen LogP contribution in [0.4, 0.5) is 10.5 Å². The average Bonchev–Trinajstić information content (AvgIpc) is 3.52. The van der Waals surface area contributed by atoms with E-state index >= 15 is 0 Å². The van der Waals surface area contributed by atoms with Crippen molar-refractivity contribution >= 4 is 28.7 Å². The highest BCUT2D eigenvalue weighted by Gasteiger charge is 2.23. The Kier molecular flexibility index (Phi) is 5.25. The van der Waals surface area contributed by atoms with Gasteiger partial charge in [-0.2, -0.15) is 0 Å². The molecule has 0 saturated heterocycles. The van der Waals surface area contributed by atoms with E-state index in [1.54, 1.807) is 36.8 Å². The van der Waals surface area contributed by atoms with E-state index < -0.39 is 0 Å². The summed E-state index contributed by atoms with van der Waals surface area (Å²) >= 11 is 0. The monoisotopic (exact) mass is 426 g/mol. The number of aromatic nitrogens is 3. The van der Waals surface area contributed by atoms with Gasteiger partial charge >= 0.3 is 6.03 Å². The molecule has 1 aliphatic rings. The summed E-state index contributed by atoms with van der Waals surface area (Å²) in [7, 11) is 0. The van der Waals surface area contributed by atoms with Crippen LogP contribution in [-0.4, -0.2) is 32.5 Å². The van der Waals surface area contributed by atoms with Crippen molar-refractivity contribution in [2.45, 2.75) is 25.4 Å². The van der Waals surface area contributed by atoms with Crippen molar-refractivity contribution in [1.82, 2.24) is 25.2 Å². The summed E-state index contributed by atoms with van der Waals surface area (Å²) in [6.45, 7) is 0.344. The van der Waals surface area contributed by atoms with Crippen molar-refractivity contribution in [3.63, 3.8) is 0 Å². The summed E-state index contributed by atoms with van der Waals surface area (Å²) in [4.78, 5) is 33.4. The largest absolute Gasteiger partial charge is 0.348 e. The van der Waals surface area contributed by atoms with Gasteiger partial charge in [-0.25, -0.2) is 14.8 Å². The van der Waals surface area contributed by atoms with E-state index in [0.717, 1.165) is 35.3 Å². The number of rotatable bonds is 6. The number of carbonyl (C=O) groups is 2. The van der Waals surface area contributed by atoms with E-state index in [4.69, 9.17) is 0 Å². The van der Waals surface area contributed by atoms with Crippen molar-refractivity contribution in [1.29, 1.82) is 0 Å². The van der Waals surface area contributed by atoms with Crippen LogP contribution in [0.15, 0.2) is 73.2 Å². The Hall–Kier alpha value is -4.20. The molecule has 160 valence electrons. The van der Waals surface area contributed by atoms with E-state index in [9.17, 15) is 9.59 Å². The summed E-state index contributed by atoms with van der Waals surface area (Å²) in [6.07, 6.45) is 5.53. The van der Waals surface area contributed by atoms with Gasteiger partial charge in [0.1, 0.15) is 12.1 Å². The zero-order valence-electron chi connectivity index (χ0n) is 17.3. The van der Waals surface area contributed by atoms with E-state index in [2.05, 4.69) is 25.9 Å². The lowest BCUT2D eigenvalue weighted by Crippen LogP contribution is -2.30. The van der Waals surface area contributed by atoms with Crippen LogP contribution in [0.3, 0.4) is 0 Å². The van der Waals surface area contributed by atoms with Gasteiger partial charge in [-0.1, -0.05) is 24.3 Å². The number of fused-ring (bicyclic) bond motifs is 1. The minimum absolute atomic E-state index is 0.221. The van der Waals surface area contributed by atoms with E-state index in [0.29, 0.717) is 17.8 Å². The highest BCUT2D eigenvalue weighted by molar-refractivity contribution is 5.96. The average molecular weight is 426 g/mol. The van der Waals surface area contributed by atoms with Crippen LogP contribution >= 0.6 is 0 Å². The molecule has 0 unspecified atom stereocenters. The fraction of sp³-hybridized carbons (Fsp3) is 0.167. The van der Waals surface area contributed by atoms with Gasteiger partial charge in [0.2, 0.25) is 0 Å². The number of carbonyl (C=O) groups excluding carboxylic acids is 2. The molecule has 32 heavy (non-hydrogen) atoms. The van der Waals surface area contributed by atoms with Crippen molar-refractivity contribution in [2.24, 2.45) is 0 Å². The number of hydrogen-bond acceptors (Lipinski definition) is 4. The SMILES string of the molecule is O=C(Nc1cccc(C(=O)NCc2ccc(-n3cnc4ccccc43)nc2)c1)NC1CC1. The maximum absolute atomic E-state index is 12.6. The van der Waals surface area contributed by atoms with Gasteiger partial charge in [-0.15, -0.1) is 0 Å². The quantitative estimate of drug-likeness (QED) is 0.438. The topological polar surface area (TPSA) is 101 Å². The summed E-state index contributed by atoms with van der Waals surface area (Å²) in [5.41, 5.74) is 3.83. The normalized spacial score (nSPS) is 13.0. The van der Waals surface area contributed by atoms with Crippen molar-refractivity contribution in [3.05, 3.63) is 84.3 Å². The third-order valence-corrected chi connectivity index (χ3v) is 5.26. The molecule has 3 amide bonds. The molecule has 5 rings (SSSR count). The zero-order valence-corrected chi connectivity index (χ0v) is 17.3. The van der Waals surface area contributed by atoms with Gasteiger partial charge in [0, 0.05) is 30.0 Å².